The van der Waals surface area contributed by atoms with Crippen LogP contribution < -0.4 is 10.6 Å². The Bertz CT molecular complexity index is 883. The molecule has 1 aliphatic heterocycles. The Kier molecular flexibility index (Phi) is 5.41. The number of anilines is 2. The van der Waals surface area contributed by atoms with Crippen molar-refractivity contribution < 1.29 is 22.8 Å². The summed E-state index contributed by atoms with van der Waals surface area (Å²) >= 11 is 5.56. The summed E-state index contributed by atoms with van der Waals surface area (Å²) in [6.07, 6.45) is -3.77. The molecular formula is C19H16ClF3N2O2. The molecule has 8 heteroatoms. The predicted octanol–water partition coefficient (Wildman–Crippen LogP) is 4.89. The highest BCUT2D eigenvalue weighted by Gasteiger charge is 2.33. The molecule has 0 aliphatic carbocycles. The first-order valence-corrected chi connectivity index (χ1v) is 8.67. The molecular weight excluding hydrogens is 381 g/mol. The van der Waals surface area contributed by atoms with Gasteiger partial charge in [0.25, 0.3) is 0 Å². The zero-order valence-electron chi connectivity index (χ0n) is 14.1. The summed E-state index contributed by atoms with van der Waals surface area (Å²) in [5.74, 6) is -0.980. The summed E-state index contributed by atoms with van der Waals surface area (Å²) < 4.78 is 38.6. The van der Waals surface area contributed by atoms with E-state index in [2.05, 4.69) is 10.6 Å². The van der Waals surface area contributed by atoms with Crippen molar-refractivity contribution in [1.29, 1.82) is 0 Å². The minimum absolute atomic E-state index is 0.00941. The van der Waals surface area contributed by atoms with Crippen LogP contribution in [0.2, 0.25) is 5.02 Å². The van der Waals surface area contributed by atoms with E-state index in [4.69, 9.17) is 11.6 Å². The first-order valence-electron chi connectivity index (χ1n) is 8.29. The second kappa shape index (κ2) is 7.60. The molecule has 2 aromatic carbocycles. The molecule has 0 unspecified atom stereocenters. The van der Waals surface area contributed by atoms with Crippen LogP contribution in [-0.2, 0) is 22.2 Å². The largest absolute Gasteiger partial charge is 0.417 e. The number of halogens is 4. The zero-order chi connectivity index (χ0) is 19.6. The van der Waals surface area contributed by atoms with Crippen LogP contribution in [0.25, 0.3) is 0 Å². The van der Waals surface area contributed by atoms with Gasteiger partial charge in [-0.1, -0.05) is 29.8 Å². The van der Waals surface area contributed by atoms with E-state index in [0.717, 1.165) is 23.4 Å². The summed E-state index contributed by atoms with van der Waals surface area (Å²) in [6, 6.07) is 10.6. The van der Waals surface area contributed by atoms with Crippen molar-refractivity contribution in [3.63, 3.8) is 0 Å². The summed E-state index contributed by atoms with van der Waals surface area (Å²) in [5, 5.41) is 4.80. The number of fused-ring (bicyclic) bond motifs is 1. The Balaban J connectivity index is 1.60. The van der Waals surface area contributed by atoms with Gasteiger partial charge < -0.3 is 10.6 Å². The number of carbonyl (C=O) groups excluding carboxylic acids is 2. The monoisotopic (exact) mass is 396 g/mol. The number of alkyl halides is 3. The summed E-state index contributed by atoms with van der Waals surface area (Å²) in [7, 11) is 0. The topological polar surface area (TPSA) is 58.2 Å². The van der Waals surface area contributed by atoms with E-state index < -0.39 is 22.7 Å². The van der Waals surface area contributed by atoms with E-state index in [1.54, 1.807) is 0 Å². The molecule has 1 atom stereocenters. The smallest absolute Gasteiger partial charge is 0.326 e. The Hall–Kier alpha value is -2.54. The van der Waals surface area contributed by atoms with Crippen molar-refractivity contribution in [3.8, 4) is 0 Å². The number of hydrogen-bond donors (Lipinski definition) is 2. The van der Waals surface area contributed by atoms with Crippen LogP contribution in [0.4, 0.5) is 24.5 Å². The van der Waals surface area contributed by atoms with Crippen molar-refractivity contribution in [2.75, 3.05) is 10.6 Å². The van der Waals surface area contributed by atoms with E-state index in [9.17, 15) is 22.8 Å². The third-order valence-corrected chi connectivity index (χ3v) is 4.72. The minimum atomic E-state index is -4.61. The zero-order valence-corrected chi connectivity index (χ0v) is 14.8. The fraction of sp³-hybridized carbons (Fsp3) is 0.263. The quantitative estimate of drug-likeness (QED) is 0.773. The second-order valence-electron chi connectivity index (χ2n) is 6.33. The fourth-order valence-corrected chi connectivity index (χ4v) is 3.22. The maximum Gasteiger partial charge on any atom is 0.417 e. The van der Waals surface area contributed by atoms with E-state index in [1.165, 1.54) is 6.07 Å². The van der Waals surface area contributed by atoms with Gasteiger partial charge in [0.1, 0.15) is 0 Å². The molecule has 0 spiro atoms. The molecule has 1 heterocycles. The Labute approximate surface area is 158 Å². The van der Waals surface area contributed by atoms with Crippen molar-refractivity contribution in [1.82, 2.24) is 0 Å². The van der Waals surface area contributed by atoms with E-state index in [-0.39, 0.29) is 23.9 Å². The normalized spacial score (nSPS) is 16.4. The van der Waals surface area contributed by atoms with Crippen LogP contribution in [0, 0.1) is 5.92 Å². The average molecular weight is 397 g/mol. The number of nitrogens with one attached hydrogen (secondary N) is 2. The van der Waals surface area contributed by atoms with Crippen molar-refractivity contribution >= 4 is 34.8 Å². The SMILES string of the molecule is O=C(CC[C@@H]1Cc2ccccc2NC1=O)Nc1ccc(Cl)c(C(F)(F)F)c1. The molecule has 1 aliphatic rings. The lowest BCUT2D eigenvalue weighted by Crippen LogP contribution is -2.30. The predicted molar refractivity (Wildman–Crippen MR) is 96.6 cm³/mol. The van der Waals surface area contributed by atoms with Gasteiger partial charge in [0.15, 0.2) is 0 Å². The average Bonchev–Trinajstić information content (AvgIpc) is 2.60. The first-order chi connectivity index (χ1) is 12.7. The molecule has 0 radical (unpaired) electrons. The number of benzene rings is 2. The first kappa shape index (κ1) is 19.2. The highest BCUT2D eigenvalue weighted by Crippen LogP contribution is 2.36. The highest BCUT2D eigenvalue weighted by atomic mass is 35.5. The van der Waals surface area contributed by atoms with Crippen molar-refractivity contribution in [3.05, 3.63) is 58.6 Å². The van der Waals surface area contributed by atoms with Crippen LogP contribution in [0.3, 0.4) is 0 Å². The maximum absolute atomic E-state index is 12.9. The van der Waals surface area contributed by atoms with Gasteiger partial charge in [-0.05, 0) is 42.7 Å². The van der Waals surface area contributed by atoms with Gasteiger partial charge in [-0.25, -0.2) is 0 Å². The summed E-state index contributed by atoms with van der Waals surface area (Å²) in [5.41, 5.74) is 0.763. The number of hydrogen-bond acceptors (Lipinski definition) is 2. The Morgan fingerprint density at radius 3 is 2.70 bits per heavy atom. The molecule has 4 nitrogen and oxygen atoms in total. The van der Waals surface area contributed by atoms with Gasteiger partial charge in [-0.3, -0.25) is 9.59 Å². The van der Waals surface area contributed by atoms with Crippen LogP contribution in [0.5, 0.6) is 0 Å². The lowest BCUT2D eigenvalue weighted by Gasteiger charge is -2.24. The molecule has 0 saturated heterocycles. The van der Waals surface area contributed by atoms with E-state index in [0.29, 0.717) is 12.8 Å². The number of carbonyl (C=O) groups is 2. The standard InChI is InChI=1S/C19H16ClF3N2O2/c20-15-7-6-13(10-14(15)19(21,22)23)24-17(26)8-5-12-9-11-3-1-2-4-16(11)25-18(12)27/h1-4,6-7,10,12H,5,8-9H2,(H,24,26)(H,25,27)/t12-/m1/s1. The molecule has 2 aromatic rings. The Morgan fingerprint density at radius 1 is 1.22 bits per heavy atom. The molecule has 2 N–H and O–H groups in total. The van der Waals surface area contributed by atoms with Crippen molar-refractivity contribution in [2.45, 2.75) is 25.4 Å². The third kappa shape index (κ3) is 4.60. The van der Waals surface area contributed by atoms with Gasteiger partial charge in [0.05, 0.1) is 10.6 Å². The van der Waals surface area contributed by atoms with Gasteiger partial charge in [-0.15, -0.1) is 0 Å². The van der Waals surface area contributed by atoms with Gasteiger partial charge >= 0.3 is 6.18 Å². The Morgan fingerprint density at radius 2 is 1.96 bits per heavy atom. The van der Waals surface area contributed by atoms with E-state index in [1.807, 2.05) is 24.3 Å². The summed E-state index contributed by atoms with van der Waals surface area (Å²) in [6.45, 7) is 0. The van der Waals surface area contributed by atoms with Crippen LogP contribution in [-0.4, -0.2) is 11.8 Å². The maximum atomic E-state index is 12.9. The molecule has 0 bridgehead atoms. The number of para-hydroxylation sites is 1. The third-order valence-electron chi connectivity index (χ3n) is 4.39. The van der Waals surface area contributed by atoms with Crippen LogP contribution in [0.1, 0.15) is 24.0 Å². The van der Waals surface area contributed by atoms with E-state index >= 15 is 0 Å². The second-order valence-corrected chi connectivity index (χ2v) is 6.73. The highest BCUT2D eigenvalue weighted by molar-refractivity contribution is 6.31. The lowest BCUT2D eigenvalue weighted by atomic mass is 9.89. The van der Waals surface area contributed by atoms with Crippen molar-refractivity contribution in [2.24, 2.45) is 5.92 Å². The van der Waals surface area contributed by atoms with Gasteiger partial charge in [0, 0.05) is 23.7 Å². The lowest BCUT2D eigenvalue weighted by molar-refractivity contribution is -0.137. The molecule has 142 valence electrons. The molecule has 2 amide bonds. The molecule has 0 aromatic heterocycles. The molecule has 3 rings (SSSR count). The van der Waals surface area contributed by atoms with Gasteiger partial charge in [0.2, 0.25) is 11.8 Å². The number of amides is 2. The van der Waals surface area contributed by atoms with Crippen LogP contribution in [0.15, 0.2) is 42.5 Å². The van der Waals surface area contributed by atoms with Gasteiger partial charge in [-0.2, -0.15) is 13.2 Å². The summed E-state index contributed by atoms with van der Waals surface area (Å²) in [4.78, 5) is 24.2. The van der Waals surface area contributed by atoms with Crippen LogP contribution >= 0.6 is 11.6 Å². The minimum Gasteiger partial charge on any atom is -0.326 e. The molecule has 0 fully saturated rings. The fourth-order valence-electron chi connectivity index (χ4n) is 3.00. The number of rotatable bonds is 4. The molecule has 27 heavy (non-hydrogen) atoms. The molecule has 0 saturated carbocycles.